The predicted molar refractivity (Wildman–Crippen MR) is 270 cm³/mol. The molecule has 63 heavy (non-hydrogen) atoms. The van der Waals surface area contributed by atoms with Gasteiger partial charge in [0, 0.05) is 32.9 Å². The van der Waals surface area contributed by atoms with Gasteiger partial charge in [0.25, 0.3) is 0 Å². The summed E-state index contributed by atoms with van der Waals surface area (Å²) in [4.78, 5) is 0. The van der Waals surface area contributed by atoms with E-state index in [9.17, 15) is 0 Å². The summed E-state index contributed by atoms with van der Waals surface area (Å²) in [6.45, 7) is 0. The van der Waals surface area contributed by atoms with Gasteiger partial charge in [0.15, 0.2) is 8.07 Å². The maximum Gasteiger partial charge on any atom is 0.181 e. The zero-order valence-corrected chi connectivity index (χ0v) is 35.6. The Morgan fingerprint density at radius 3 is 1.38 bits per heavy atom. The van der Waals surface area contributed by atoms with Gasteiger partial charge < -0.3 is 9.13 Å². The van der Waals surface area contributed by atoms with Crippen LogP contribution in [0, 0.1) is 0 Å². The fraction of sp³-hybridized carbons (Fsp3) is 0. The molecule has 3 heteroatoms. The van der Waals surface area contributed by atoms with Crippen LogP contribution >= 0.6 is 0 Å². The van der Waals surface area contributed by atoms with Crippen molar-refractivity contribution < 1.29 is 0 Å². The molecular formula is C60H42N2Si. The highest BCUT2D eigenvalue weighted by molar-refractivity contribution is 7.20. The molecule has 0 bridgehead atoms. The topological polar surface area (TPSA) is 9.86 Å². The fourth-order valence-corrected chi connectivity index (χ4v) is 15.3. The molecule has 296 valence electrons. The molecule has 2 heterocycles. The number of rotatable bonds is 8. The average Bonchev–Trinajstić information content (AvgIpc) is 3.89. The highest BCUT2D eigenvalue weighted by atomic mass is 28.3. The maximum absolute atomic E-state index is 3.01. The van der Waals surface area contributed by atoms with Gasteiger partial charge in [-0.2, -0.15) is 0 Å². The molecule has 0 fully saturated rings. The Morgan fingerprint density at radius 2 is 0.762 bits per heavy atom. The second-order valence-corrected chi connectivity index (χ2v) is 20.2. The molecule has 12 aromatic rings. The predicted octanol–water partition coefficient (Wildman–Crippen LogP) is 12.6. The van der Waals surface area contributed by atoms with Crippen molar-refractivity contribution in [3.8, 4) is 33.6 Å². The lowest BCUT2D eigenvalue weighted by Crippen LogP contribution is -2.75. The summed E-state index contributed by atoms with van der Waals surface area (Å²) < 4.78 is 5.02. The number of para-hydroxylation sites is 2. The summed E-state index contributed by atoms with van der Waals surface area (Å²) in [5.41, 5.74) is 11.9. The van der Waals surface area contributed by atoms with Crippen LogP contribution in [0.25, 0.3) is 77.2 Å². The Kier molecular flexibility index (Phi) is 8.87. The first-order chi connectivity index (χ1) is 31.3. The van der Waals surface area contributed by atoms with Gasteiger partial charge in [-0.05, 0) is 85.5 Å². The third-order valence-corrected chi connectivity index (χ3v) is 17.9. The van der Waals surface area contributed by atoms with Gasteiger partial charge in [-0.1, -0.05) is 212 Å². The summed E-state index contributed by atoms with van der Waals surface area (Å²) in [5.74, 6) is 0. The van der Waals surface area contributed by atoms with Crippen LogP contribution in [0.5, 0.6) is 0 Å². The van der Waals surface area contributed by atoms with Crippen molar-refractivity contribution in [2.75, 3.05) is 0 Å². The van der Waals surface area contributed by atoms with Crippen molar-refractivity contribution in [2.45, 2.75) is 0 Å². The van der Waals surface area contributed by atoms with E-state index in [1.165, 1.54) is 86.6 Å². The normalized spacial score (nSPS) is 11.8. The minimum absolute atomic E-state index is 1.14. The van der Waals surface area contributed by atoms with E-state index < -0.39 is 8.07 Å². The van der Waals surface area contributed by atoms with Crippen molar-refractivity contribution in [3.05, 3.63) is 255 Å². The molecule has 10 aromatic carbocycles. The van der Waals surface area contributed by atoms with Gasteiger partial charge in [0.1, 0.15) is 0 Å². The first-order valence-electron chi connectivity index (χ1n) is 21.8. The zero-order chi connectivity index (χ0) is 41.7. The maximum atomic E-state index is 2.59. The van der Waals surface area contributed by atoms with Crippen LogP contribution in [-0.4, -0.2) is 17.2 Å². The van der Waals surface area contributed by atoms with E-state index in [-0.39, 0.29) is 0 Å². The number of nitrogens with zero attached hydrogens (tertiary/aromatic N) is 2. The first kappa shape index (κ1) is 36.8. The molecule has 0 aliphatic rings. The summed E-state index contributed by atoms with van der Waals surface area (Å²) in [6, 6.07) is 94.4. The zero-order valence-electron chi connectivity index (χ0n) is 34.6. The number of aromatic nitrogens is 2. The summed E-state index contributed by atoms with van der Waals surface area (Å²) in [6.07, 6.45) is 0. The van der Waals surface area contributed by atoms with E-state index in [4.69, 9.17) is 0 Å². The molecule has 0 atom stereocenters. The Labute approximate surface area is 368 Å². The second-order valence-electron chi connectivity index (χ2n) is 16.4. The van der Waals surface area contributed by atoms with E-state index in [0.29, 0.717) is 0 Å². The average molecular weight is 819 g/mol. The molecular weight excluding hydrogens is 777 g/mol. The number of hydrogen-bond acceptors (Lipinski definition) is 0. The molecule has 0 aliphatic carbocycles. The van der Waals surface area contributed by atoms with Gasteiger partial charge >= 0.3 is 0 Å². The Bertz CT molecular complexity index is 3500. The Hall–Kier alpha value is -7.98. The number of benzene rings is 10. The molecule has 0 unspecified atom stereocenters. The van der Waals surface area contributed by atoms with Crippen LogP contribution in [0.3, 0.4) is 0 Å². The van der Waals surface area contributed by atoms with E-state index in [1.807, 2.05) is 0 Å². The van der Waals surface area contributed by atoms with Crippen molar-refractivity contribution in [2.24, 2.45) is 0 Å². The molecule has 0 spiro atoms. The number of hydrogen-bond donors (Lipinski definition) is 0. The summed E-state index contributed by atoms with van der Waals surface area (Å²) in [5, 5.41) is 10.4. The van der Waals surface area contributed by atoms with E-state index >= 15 is 0 Å². The van der Waals surface area contributed by atoms with E-state index in [2.05, 4.69) is 264 Å². The summed E-state index contributed by atoms with van der Waals surface area (Å²) in [7, 11) is -3.01. The minimum atomic E-state index is -3.01. The molecule has 0 aliphatic heterocycles. The molecule has 0 saturated heterocycles. The van der Waals surface area contributed by atoms with Gasteiger partial charge in [0.05, 0.1) is 22.1 Å². The van der Waals surface area contributed by atoms with Crippen LogP contribution in [0.4, 0.5) is 0 Å². The molecule has 0 N–H and O–H groups in total. The van der Waals surface area contributed by atoms with Crippen LogP contribution in [-0.2, 0) is 0 Å². The number of fused-ring (bicyclic) bond motifs is 6. The van der Waals surface area contributed by atoms with Crippen molar-refractivity contribution >= 4 is 72.4 Å². The van der Waals surface area contributed by atoms with Gasteiger partial charge in [-0.3, -0.25) is 0 Å². The lowest BCUT2D eigenvalue weighted by atomic mass is 9.99. The monoisotopic (exact) mass is 818 g/mol. The van der Waals surface area contributed by atoms with Crippen molar-refractivity contribution in [1.29, 1.82) is 0 Å². The van der Waals surface area contributed by atoms with Crippen LogP contribution in [0.1, 0.15) is 0 Å². The highest BCUT2D eigenvalue weighted by Crippen LogP contribution is 2.41. The Balaban J connectivity index is 1.22. The lowest BCUT2D eigenvalue weighted by molar-refractivity contribution is 1.17. The van der Waals surface area contributed by atoms with Gasteiger partial charge in [0.2, 0.25) is 0 Å². The quantitative estimate of drug-likeness (QED) is 0.107. The fourth-order valence-electron chi connectivity index (χ4n) is 10.4. The largest absolute Gasteiger partial charge is 0.309 e. The van der Waals surface area contributed by atoms with Gasteiger partial charge in [-0.15, -0.1) is 0 Å². The van der Waals surface area contributed by atoms with Crippen molar-refractivity contribution in [1.82, 2.24) is 9.13 Å². The summed E-state index contributed by atoms with van der Waals surface area (Å²) >= 11 is 0. The highest BCUT2D eigenvalue weighted by Gasteiger charge is 2.44. The second kappa shape index (κ2) is 15.2. The molecule has 2 nitrogen and oxygen atoms in total. The smallest absolute Gasteiger partial charge is 0.181 e. The van der Waals surface area contributed by atoms with E-state index in [0.717, 1.165) is 11.4 Å². The molecule has 0 radical (unpaired) electrons. The molecule has 12 rings (SSSR count). The standard InChI is InChI=1S/C60H42N2Si/c1-6-21-43(22-7-1)45-25-20-26-46(41-45)61-55-35-18-16-33-52(55)54-42-47(37-39-57(54)61)62-56-36-19-17-34-53(56)59-51(44-23-8-2-9-24-44)38-40-58(60(59)62)63(48-27-10-3-11-28-48,49-29-12-4-13-30-49)50-31-14-5-15-32-50/h1-42H. The minimum Gasteiger partial charge on any atom is -0.309 e. The van der Waals surface area contributed by atoms with E-state index in [1.54, 1.807) is 0 Å². The Morgan fingerprint density at radius 1 is 0.286 bits per heavy atom. The van der Waals surface area contributed by atoms with Crippen molar-refractivity contribution in [3.63, 3.8) is 0 Å². The molecule has 0 amide bonds. The third-order valence-electron chi connectivity index (χ3n) is 13.1. The molecule has 0 saturated carbocycles. The SMILES string of the molecule is c1ccc(-c2cccc(-n3c4ccccc4c4cc(-n5c6ccccc6c6c(-c7ccccc7)ccc([Si](c7ccccc7)(c7ccccc7)c7ccccc7)c65)ccc43)c2)cc1. The lowest BCUT2D eigenvalue weighted by Gasteiger charge is -2.35. The third kappa shape index (κ3) is 5.85. The first-order valence-corrected chi connectivity index (χ1v) is 23.8. The van der Waals surface area contributed by atoms with Gasteiger partial charge in [-0.25, -0.2) is 0 Å². The van der Waals surface area contributed by atoms with Crippen LogP contribution in [0.2, 0.25) is 0 Å². The van der Waals surface area contributed by atoms with Crippen LogP contribution in [0.15, 0.2) is 255 Å². The molecule has 2 aromatic heterocycles. The van der Waals surface area contributed by atoms with Crippen LogP contribution < -0.4 is 20.7 Å².